The first-order valence-corrected chi connectivity index (χ1v) is 4.63. The van der Waals surface area contributed by atoms with Gasteiger partial charge in [-0.3, -0.25) is 4.79 Å². The van der Waals surface area contributed by atoms with E-state index >= 15 is 0 Å². The molecule has 0 saturated carbocycles. The van der Waals surface area contributed by atoms with Crippen molar-refractivity contribution in [1.29, 1.82) is 0 Å². The lowest BCUT2D eigenvalue weighted by molar-refractivity contribution is 0.112. The van der Waals surface area contributed by atoms with E-state index in [1.807, 2.05) is 6.92 Å². The molecule has 0 bridgehead atoms. The summed E-state index contributed by atoms with van der Waals surface area (Å²) < 4.78 is 5.26. The smallest absolute Gasteiger partial charge is 0.153 e. The molecule has 1 rings (SSSR count). The first kappa shape index (κ1) is 11.3. The van der Waals surface area contributed by atoms with Gasteiger partial charge >= 0.3 is 0 Å². The Hall–Kier alpha value is -1.79. The van der Waals surface area contributed by atoms with Crippen LogP contribution in [0.1, 0.15) is 22.8 Å². The maximum Gasteiger partial charge on any atom is 0.153 e. The molecule has 0 spiro atoms. The summed E-state index contributed by atoms with van der Waals surface area (Å²) >= 11 is 0. The van der Waals surface area contributed by atoms with E-state index in [-0.39, 0.29) is 6.61 Å². The Kier molecular flexibility index (Phi) is 4.39. The standard InChI is InChI=1S/C12H12O3/c1-2-15-12-6-5-10(4-3-7-13)8-11(12)9-14/h5-6,8-9,13H,2,7H2,1H3. The quantitative estimate of drug-likeness (QED) is 0.595. The molecule has 3 heteroatoms. The minimum atomic E-state index is -0.191. The van der Waals surface area contributed by atoms with Crippen LogP contribution in [0.5, 0.6) is 5.75 Å². The number of hydrogen-bond donors (Lipinski definition) is 1. The van der Waals surface area contributed by atoms with Gasteiger partial charge in [0.25, 0.3) is 0 Å². The van der Waals surface area contributed by atoms with Crippen molar-refractivity contribution in [3.8, 4) is 17.6 Å². The molecule has 1 N–H and O–H groups in total. The lowest BCUT2D eigenvalue weighted by Crippen LogP contribution is -1.96. The molecule has 0 unspecified atom stereocenters. The van der Waals surface area contributed by atoms with Gasteiger partial charge in [0.1, 0.15) is 12.4 Å². The summed E-state index contributed by atoms with van der Waals surface area (Å²) in [6, 6.07) is 5.09. The highest BCUT2D eigenvalue weighted by molar-refractivity contribution is 5.80. The van der Waals surface area contributed by atoms with Gasteiger partial charge in [0.15, 0.2) is 6.29 Å². The first-order chi connectivity index (χ1) is 7.31. The molecule has 1 aromatic carbocycles. The topological polar surface area (TPSA) is 46.5 Å². The molecule has 0 radical (unpaired) electrons. The lowest BCUT2D eigenvalue weighted by atomic mass is 10.1. The van der Waals surface area contributed by atoms with Crippen LogP contribution in [0.4, 0.5) is 0 Å². The van der Waals surface area contributed by atoms with Crippen molar-refractivity contribution in [2.24, 2.45) is 0 Å². The highest BCUT2D eigenvalue weighted by atomic mass is 16.5. The van der Waals surface area contributed by atoms with Gasteiger partial charge in [-0.15, -0.1) is 0 Å². The minimum absolute atomic E-state index is 0.191. The Labute approximate surface area is 88.7 Å². The molecule has 1 aromatic rings. The average molecular weight is 204 g/mol. The monoisotopic (exact) mass is 204 g/mol. The van der Waals surface area contributed by atoms with Crippen molar-refractivity contribution in [2.45, 2.75) is 6.92 Å². The summed E-state index contributed by atoms with van der Waals surface area (Å²) in [5.74, 6) is 5.80. The van der Waals surface area contributed by atoms with Gasteiger partial charge < -0.3 is 9.84 Å². The highest BCUT2D eigenvalue weighted by Gasteiger charge is 2.02. The van der Waals surface area contributed by atoms with Crippen molar-refractivity contribution >= 4 is 6.29 Å². The average Bonchev–Trinajstić information content (AvgIpc) is 2.28. The number of hydrogen-bond acceptors (Lipinski definition) is 3. The maximum absolute atomic E-state index is 10.8. The molecule has 0 amide bonds. The van der Waals surface area contributed by atoms with Crippen LogP contribution in [0.2, 0.25) is 0 Å². The summed E-state index contributed by atoms with van der Waals surface area (Å²) in [4.78, 5) is 10.8. The van der Waals surface area contributed by atoms with Gasteiger partial charge in [-0.25, -0.2) is 0 Å². The Morgan fingerprint density at radius 2 is 2.33 bits per heavy atom. The fourth-order valence-electron chi connectivity index (χ4n) is 1.15. The normalized spacial score (nSPS) is 8.93. The maximum atomic E-state index is 10.8. The number of aliphatic hydroxyl groups is 1. The van der Waals surface area contributed by atoms with Crippen molar-refractivity contribution in [3.63, 3.8) is 0 Å². The molecule has 0 heterocycles. The Morgan fingerprint density at radius 3 is 2.93 bits per heavy atom. The van der Waals surface area contributed by atoms with Gasteiger partial charge in [-0.05, 0) is 25.1 Å². The van der Waals surface area contributed by atoms with Crippen LogP contribution in [0.25, 0.3) is 0 Å². The van der Waals surface area contributed by atoms with E-state index in [0.717, 1.165) is 6.29 Å². The van der Waals surface area contributed by atoms with E-state index < -0.39 is 0 Å². The van der Waals surface area contributed by atoms with Crippen LogP contribution in [0, 0.1) is 11.8 Å². The summed E-state index contributed by atoms with van der Waals surface area (Å²) in [6.07, 6.45) is 0.731. The molecule has 0 aromatic heterocycles. The van der Waals surface area contributed by atoms with E-state index in [2.05, 4.69) is 11.8 Å². The van der Waals surface area contributed by atoms with Gasteiger partial charge in [-0.1, -0.05) is 11.8 Å². The van der Waals surface area contributed by atoms with Crippen LogP contribution in [0.3, 0.4) is 0 Å². The number of rotatable bonds is 3. The molecule has 0 saturated heterocycles. The van der Waals surface area contributed by atoms with Crippen LogP contribution < -0.4 is 4.74 Å². The van der Waals surface area contributed by atoms with Crippen LogP contribution in [-0.4, -0.2) is 24.6 Å². The second-order valence-corrected chi connectivity index (χ2v) is 2.76. The van der Waals surface area contributed by atoms with Gasteiger partial charge in [0.2, 0.25) is 0 Å². The second-order valence-electron chi connectivity index (χ2n) is 2.76. The lowest BCUT2D eigenvalue weighted by Gasteiger charge is -2.05. The van der Waals surface area contributed by atoms with E-state index in [4.69, 9.17) is 9.84 Å². The number of carbonyl (C=O) groups is 1. The first-order valence-electron chi connectivity index (χ1n) is 4.63. The van der Waals surface area contributed by atoms with Crippen LogP contribution >= 0.6 is 0 Å². The third-order valence-electron chi connectivity index (χ3n) is 1.75. The molecule has 78 valence electrons. The zero-order valence-electron chi connectivity index (χ0n) is 8.49. The Morgan fingerprint density at radius 1 is 1.53 bits per heavy atom. The highest BCUT2D eigenvalue weighted by Crippen LogP contribution is 2.17. The van der Waals surface area contributed by atoms with Crippen molar-refractivity contribution in [1.82, 2.24) is 0 Å². The number of benzene rings is 1. The van der Waals surface area contributed by atoms with Gasteiger partial charge in [0.05, 0.1) is 12.2 Å². The Bertz CT molecular complexity index is 399. The van der Waals surface area contributed by atoms with Crippen LogP contribution in [0.15, 0.2) is 18.2 Å². The zero-order valence-corrected chi connectivity index (χ0v) is 8.49. The summed E-state index contributed by atoms with van der Waals surface area (Å²) in [6.45, 7) is 2.18. The Balaban J connectivity index is 3.01. The summed E-state index contributed by atoms with van der Waals surface area (Å²) in [7, 11) is 0. The molecular weight excluding hydrogens is 192 g/mol. The minimum Gasteiger partial charge on any atom is -0.493 e. The van der Waals surface area contributed by atoms with Gasteiger partial charge in [-0.2, -0.15) is 0 Å². The summed E-state index contributed by atoms with van der Waals surface area (Å²) in [5, 5.41) is 8.53. The molecule has 0 aliphatic carbocycles. The molecular formula is C12H12O3. The zero-order chi connectivity index (χ0) is 11.1. The largest absolute Gasteiger partial charge is 0.493 e. The fourth-order valence-corrected chi connectivity index (χ4v) is 1.15. The number of aldehydes is 1. The predicted molar refractivity (Wildman–Crippen MR) is 57.0 cm³/mol. The number of carbonyl (C=O) groups excluding carboxylic acids is 1. The number of ether oxygens (including phenoxy) is 1. The molecule has 0 atom stereocenters. The molecule has 0 aliphatic rings. The van der Waals surface area contributed by atoms with Crippen molar-refractivity contribution < 1.29 is 14.6 Å². The molecule has 0 fully saturated rings. The predicted octanol–water partition coefficient (Wildman–Crippen LogP) is 1.24. The molecule has 0 aliphatic heterocycles. The summed E-state index contributed by atoms with van der Waals surface area (Å²) in [5.41, 5.74) is 1.16. The van der Waals surface area contributed by atoms with Gasteiger partial charge in [0, 0.05) is 5.56 Å². The fraction of sp³-hybridized carbons (Fsp3) is 0.250. The van der Waals surface area contributed by atoms with Crippen molar-refractivity contribution in [3.05, 3.63) is 29.3 Å². The molecule has 3 nitrogen and oxygen atoms in total. The third kappa shape index (κ3) is 3.12. The van der Waals surface area contributed by atoms with E-state index in [1.165, 1.54) is 0 Å². The van der Waals surface area contributed by atoms with E-state index in [1.54, 1.807) is 18.2 Å². The van der Waals surface area contributed by atoms with Crippen LogP contribution in [-0.2, 0) is 0 Å². The SMILES string of the molecule is CCOc1ccc(C#CCO)cc1C=O. The third-order valence-corrected chi connectivity index (χ3v) is 1.75. The van der Waals surface area contributed by atoms with Crippen molar-refractivity contribution in [2.75, 3.05) is 13.2 Å². The van der Waals surface area contributed by atoms with E-state index in [0.29, 0.717) is 23.5 Å². The van der Waals surface area contributed by atoms with E-state index in [9.17, 15) is 4.79 Å². The molecule has 15 heavy (non-hydrogen) atoms. The number of aliphatic hydroxyl groups excluding tert-OH is 1. The second kappa shape index (κ2) is 5.84.